The molecule has 0 bridgehead atoms. The van der Waals surface area contributed by atoms with Crippen molar-refractivity contribution < 1.29 is 14.3 Å². The van der Waals surface area contributed by atoms with E-state index in [0.717, 1.165) is 31.5 Å². The van der Waals surface area contributed by atoms with Crippen molar-refractivity contribution in [3.63, 3.8) is 0 Å². The van der Waals surface area contributed by atoms with Crippen LogP contribution in [0.1, 0.15) is 39.2 Å². The molecule has 1 aromatic carbocycles. The van der Waals surface area contributed by atoms with Crippen molar-refractivity contribution in [2.75, 3.05) is 19.6 Å². The maximum absolute atomic E-state index is 13.5. The summed E-state index contributed by atoms with van der Waals surface area (Å²) in [7, 11) is 0. The summed E-state index contributed by atoms with van der Waals surface area (Å²) in [5, 5.41) is 0. The third kappa shape index (κ3) is 3.76. The topological polar surface area (TPSA) is 49.9 Å². The van der Waals surface area contributed by atoms with Crippen LogP contribution in [0.4, 0.5) is 4.79 Å². The number of benzene rings is 1. The van der Waals surface area contributed by atoms with Crippen LogP contribution in [0.25, 0.3) is 0 Å². The monoisotopic (exact) mass is 356 g/mol. The minimum Gasteiger partial charge on any atom is -0.444 e. The summed E-state index contributed by atoms with van der Waals surface area (Å²) in [4.78, 5) is 29.8. The number of hydrogen-bond donors (Lipinski definition) is 0. The second kappa shape index (κ2) is 7.14. The Hall–Kier alpha value is -2.30. The van der Waals surface area contributed by atoms with Gasteiger partial charge in [0.1, 0.15) is 11.1 Å². The first-order valence-electron chi connectivity index (χ1n) is 9.33. The lowest BCUT2D eigenvalue weighted by Crippen LogP contribution is -2.59. The smallest absolute Gasteiger partial charge is 0.411 e. The lowest BCUT2D eigenvalue weighted by Gasteiger charge is -2.39. The molecule has 1 atom stereocenters. The van der Waals surface area contributed by atoms with Crippen LogP contribution in [-0.2, 0) is 16.0 Å². The molecule has 0 aliphatic carbocycles. The molecule has 1 unspecified atom stereocenters. The highest BCUT2D eigenvalue weighted by atomic mass is 16.6. The molecule has 26 heavy (non-hydrogen) atoms. The van der Waals surface area contributed by atoms with Gasteiger partial charge in [-0.15, -0.1) is 0 Å². The van der Waals surface area contributed by atoms with E-state index in [1.165, 1.54) is 0 Å². The van der Waals surface area contributed by atoms with E-state index in [9.17, 15) is 9.59 Å². The Morgan fingerprint density at radius 2 is 1.77 bits per heavy atom. The molecule has 5 heteroatoms. The van der Waals surface area contributed by atoms with Gasteiger partial charge in [-0.2, -0.15) is 0 Å². The van der Waals surface area contributed by atoms with Crippen LogP contribution in [0.2, 0.25) is 0 Å². The number of amides is 2. The fourth-order valence-electron chi connectivity index (χ4n) is 3.68. The minimum atomic E-state index is -1.01. The number of carbonyl (C=O) groups is 2. The standard InChI is InChI=1S/C21H28N2O3/c1-20(2,3)26-19(25)23-15-9-12-21(23,16-17-10-5-4-6-11-17)18(24)22-13-7-8-14-22/h4-6,9-12H,7-8,13-16H2,1-3H3. The van der Waals surface area contributed by atoms with Crippen molar-refractivity contribution in [1.82, 2.24) is 9.80 Å². The number of ether oxygens (including phenoxy) is 1. The third-order valence-corrected chi connectivity index (χ3v) is 4.86. The van der Waals surface area contributed by atoms with Gasteiger partial charge in [-0.3, -0.25) is 9.69 Å². The second-order valence-corrected chi connectivity index (χ2v) is 8.08. The van der Waals surface area contributed by atoms with Gasteiger partial charge in [0.15, 0.2) is 0 Å². The minimum absolute atomic E-state index is 0.00142. The molecular weight excluding hydrogens is 328 g/mol. The summed E-state index contributed by atoms with van der Waals surface area (Å²) >= 11 is 0. The molecule has 0 aromatic heterocycles. The maximum atomic E-state index is 13.5. The van der Waals surface area contributed by atoms with Crippen molar-refractivity contribution in [1.29, 1.82) is 0 Å². The lowest BCUT2D eigenvalue weighted by molar-refractivity contribution is -0.139. The fraction of sp³-hybridized carbons (Fsp3) is 0.524. The second-order valence-electron chi connectivity index (χ2n) is 8.08. The zero-order valence-electron chi connectivity index (χ0n) is 15.9. The molecule has 0 N–H and O–H groups in total. The van der Waals surface area contributed by atoms with Gasteiger partial charge in [-0.25, -0.2) is 4.79 Å². The molecule has 0 spiro atoms. The van der Waals surface area contributed by atoms with Crippen LogP contribution in [0.15, 0.2) is 42.5 Å². The molecule has 0 radical (unpaired) electrons. The van der Waals surface area contributed by atoms with Crippen LogP contribution in [-0.4, -0.2) is 52.6 Å². The summed E-state index contributed by atoms with van der Waals surface area (Å²) in [6, 6.07) is 9.87. The highest BCUT2D eigenvalue weighted by Gasteiger charge is 2.50. The van der Waals surface area contributed by atoms with Gasteiger partial charge in [0.2, 0.25) is 0 Å². The van der Waals surface area contributed by atoms with Gasteiger partial charge in [-0.05, 0) is 39.2 Å². The molecule has 1 saturated heterocycles. The Balaban J connectivity index is 1.94. The summed E-state index contributed by atoms with van der Waals surface area (Å²) in [5.74, 6) is -0.00142. The van der Waals surface area contributed by atoms with Gasteiger partial charge in [-0.1, -0.05) is 42.5 Å². The molecule has 3 rings (SSSR count). The first-order valence-corrected chi connectivity index (χ1v) is 9.33. The predicted molar refractivity (Wildman–Crippen MR) is 101 cm³/mol. The van der Waals surface area contributed by atoms with Crippen molar-refractivity contribution in [2.24, 2.45) is 0 Å². The molecule has 1 fully saturated rings. The van der Waals surface area contributed by atoms with E-state index in [0.29, 0.717) is 13.0 Å². The zero-order chi connectivity index (χ0) is 18.8. The number of likely N-dealkylation sites (tertiary alicyclic amines) is 1. The van der Waals surface area contributed by atoms with Gasteiger partial charge in [0.05, 0.1) is 0 Å². The number of carbonyl (C=O) groups excluding carboxylic acids is 2. The Morgan fingerprint density at radius 3 is 2.38 bits per heavy atom. The largest absolute Gasteiger partial charge is 0.444 e. The normalized spacial score (nSPS) is 22.7. The molecule has 2 aliphatic rings. The van der Waals surface area contributed by atoms with E-state index >= 15 is 0 Å². The molecule has 2 amide bonds. The van der Waals surface area contributed by atoms with Gasteiger partial charge in [0.25, 0.3) is 5.91 Å². The van der Waals surface area contributed by atoms with Crippen LogP contribution < -0.4 is 0 Å². The average molecular weight is 356 g/mol. The number of hydrogen-bond acceptors (Lipinski definition) is 3. The van der Waals surface area contributed by atoms with Crippen LogP contribution in [0.5, 0.6) is 0 Å². The first kappa shape index (κ1) is 18.5. The van der Waals surface area contributed by atoms with Gasteiger partial charge in [0, 0.05) is 26.1 Å². The maximum Gasteiger partial charge on any atom is 0.411 e. The van der Waals surface area contributed by atoms with E-state index in [1.54, 1.807) is 4.90 Å². The summed E-state index contributed by atoms with van der Waals surface area (Å²) in [6.45, 7) is 7.43. The summed E-state index contributed by atoms with van der Waals surface area (Å²) in [5.41, 5.74) is -0.580. The third-order valence-electron chi connectivity index (χ3n) is 4.86. The zero-order valence-corrected chi connectivity index (χ0v) is 15.9. The van der Waals surface area contributed by atoms with Crippen LogP contribution in [0, 0.1) is 0 Å². The Kier molecular flexibility index (Phi) is 5.08. The van der Waals surface area contributed by atoms with Crippen molar-refractivity contribution in [2.45, 2.75) is 51.2 Å². The Bertz CT molecular complexity index is 687. The van der Waals surface area contributed by atoms with Crippen LogP contribution in [0.3, 0.4) is 0 Å². The number of nitrogens with zero attached hydrogens (tertiary/aromatic N) is 2. The van der Waals surface area contributed by atoms with E-state index < -0.39 is 17.2 Å². The lowest BCUT2D eigenvalue weighted by atomic mass is 9.89. The fourth-order valence-corrected chi connectivity index (χ4v) is 3.68. The SMILES string of the molecule is CC(C)(C)OC(=O)N1CC=CC1(Cc1ccccc1)C(=O)N1CCCC1. The Labute approximate surface area is 155 Å². The quantitative estimate of drug-likeness (QED) is 0.780. The van der Waals surface area contributed by atoms with Crippen molar-refractivity contribution in [3.05, 3.63) is 48.0 Å². The predicted octanol–water partition coefficient (Wildman–Crippen LogP) is 3.40. The highest BCUT2D eigenvalue weighted by Crippen LogP contribution is 2.32. The van der Waals surface area contributed by atoms with E-state index in [4.69, 9.17) is 4.74 Å². The first-order chi connectivity index (χ1) is 12.3. The molecule has 2 aliphatic heterocycles. The molecular formula is C21H28N2O3. The van der Waals surface area contributed by atoms with Gasteiger partial charge < -0.3 is 9.64 Å². The van der Waals surface area contributed by atoms with Crippen molar-refractivity contribution >= 4 is 12.0 Å². The molecule has 5 nitrogen and oxygen atoms in total. The van der Waals surface area contributed by atoms with Crippen LogP contribution >= 0.6 is 0 Å². The number of rotatable bonds is 3. The highest BCUT2D eigenvalue weighted by molar-refractivity contribution is 5.93. The molecule has 140 valence electrons. The molecule has 2 heterocycles. The molecule has 0 saturated carbocycles. The average Bonchev–Trinajstić information content (AvgIpc) is 3.24. The van der Waals surface area contributed by atoms with Crippen molar-refractivity contribution in [3.8, 4) is 0 Å². The Morgan fingerprint density at radius 1 is 1.12 bits per heavy atom. The summed E-state index contributed by atoms with van der Waals surface area (Å²) in [6.07, 6.45) is 5.85. The van der Waals surface area contributed by atoms with E-state index in [-0.39, 0.29) is 5.91 Å². The summed E-state index contributed by atoms with van der Waals surface area (Å²) < 4.78 is 5.60. The van der Waals surface area contributed by atoms with Gasteiger partial charge >= 0.3 is 6.09 Å². The molecule has 1 aromatic rings. The van der Waals surface area contributed by atoms with E-state index in [2.05, 4.69) is 0 Å². The van der Waals surface area contributed by atoms with E-state index in [1.807, 2.05) is 68.2 Å².